The molecule has 0 bridgehead atoms. The molecular formula is C17H21N3O4. The molecule has 0 spiro atoms. The molecule has 0 aromatic carbocycles. The minimum absolute atomic E-state index is 0.0856. The summed E-state index contributed by atoms with van der Waals surface area (Å²) in [7, 11) is 1.72. The summed E-state index contributed by atoms with van der Waals surface area (Å²) in [6.07, 6.45) is 0.601. The molecule has 1 aliphatic rings. The zero-order valence-corrected chi connectivity index (χ0v) is 14.3. The van der Waals surface area contributed by atoms with Gasteiger partial charge in [-0.15, -0.1) is 0 Å². The smallest absolute Gasteiger partial charge is 0.259 e. The van der Waals surface area contributed by atoms with Crippen molar-refractivity contribution in [3.8, 4) is 5.75 Å². The van der Waals surface area contributed by atoms with Gasteiger partial charge in [0.25, 0.3) is 11.5 Å². The highest BCUT2D eigenvalue weighted by Gasteiger charge is 2.31. The van der Waals surface area contributed by atoms with Crippen LogP contribution in [0.25, 0.3) is 0 Å². The van der Waals surface area contributed by atoms with Crippen LogP contribution in [0.4, 0.5) is 0 Å². The van der Waals surface area contributed by atoms with E-state index in [1.165, 1.54) is 6.07 Å². The normalized spacial score (nSPS) is 17.3. The molecule has 7 heteroatoms. The maximum absolute atomic E-state index is 12.6. The van der Waals surface area contributed by atoms with Gasteiger partial charge in [0.05, 0.1) is 12.2 Å². The van der Waals surface area contributed by atoms with Crippen LogP contribution in [0.5, 0.6) is 5.75 Å². The number of aromatic nitrogens is 2. The Bertz CT molecular complexity index is 817. The lowest BCUT2D eigenvalue weighted by atomic mass is 10.2. The van der Waals surface area contributed by atoms with Crippen LogP contribution in [-0.2, 0) is 7.05 Å². The Morgan fingerprint density at radius 2 is 2.08 bits per heavy atom. The molecule has 0 saturated carbocycles. The lowest BCUT2D eigenvalue weighted by Gasteiger charge is -2.17. The Balaban J connectivity index is 1.70. The van der Waals surface area contributed by atoms with Crippen LogP contribution in [0.3, 0.4) is 0 Å². The largest absolute Gasteiger partial charge is 0.488 e. The van der Waals surface area contributed by atoms with Crippen molar-refractivity contribution in [2.75, 3.05) is 13.1 Å². The average molecular weight is 331 g/mol. The zero-order chi connectivity index (χ0) is 17.4. The van der Waals surface area contributed by atoms with Crippen molar-refractivity contribution in [2.24, 2.45) is 7.05 Å². The summed E-state index contributed by atoms with van der Waals surface area (Å²) in [5.74, 6) is 0.994. The van der Waals surface area contributed by atoms with E-state index in [0.29, 0.717) is 35.9 Å². The molecule has 1 saturated heterocycles. The minimum atomic E-state index is -0.124. The van der Waals surface area contributed by atoms with Crippen LogP contribution in [0, 0.1) is 20.8 Å². The first-order chi connectivity index (χ1) is 11.4. The van der Waals surface area contributed by atoms with Gasteiger partial charge in [-0.1, -0.05) is 5.16 Å². The summed E-state index contributed by atoms with van der Waals surface area (Å²) in [5, 5.41) is 3.83. The van der Waals surface area contributed by atoms with Crippen molar-refractivity contribution in [3.63, 3.8) is 0 Å². The quantitative estimate of drug-likeness (QED) is 0.853. The second-order valence-electron chi connectivity index (χ2n) is 6.21. The molecule has 0 radical (unpaired) electrons. The van der Waals surface area contributed by atoms with E-state index in [2.05, 4.69) is 5.16 Å². The van der Waals surface area contributed by atoms with Gasteiger partial charge >= 0.3 is 0 Å². The van der Waals surface area contributed by atoms with Gasteiger partial charge in [0, 0.05) is 31.8 Å². The topological polar surface area (TPSA) is 77.6 Å². The summed E-state index contributed by atoms with van der Waals surface area (Å²) >= 11 is 0. The van der Waals surface area contributed by atoms with Gasteiger partial charge in [-0.3, -0.25) is 9.59 Å². The van der Waals surface area contributed by atoms with Crippen LogP contribution in [0.1, 0.15) is 33.9 Å². The summed E-state index contributed by atoms with van der Waals surface area (Å²) in [4.78, 5) is 26.2. The summed E-state index contributed by atoms with van der Waals surface area (Å²) in [6.45, 7) is 6.45. The summed E-state index contributed by atoms with van der Waals surface area (Å²) in [5.41, 5.74) is 1.86. The molecular weight excluding hydrogens is 310 g/mol. The van der Waals surface area contributed by atoms with E-state index in [1.807, 2.05) is 13.0 Å². The van der Waals surface area contributed by atoms with Crippen LogP contribution < -0.4 is 10.3 Å². The predicted octanol–water partition coefficient (Wildman–Crippen LogP) is 1.59. The van der Waals surface area contributed by atoms with E-state index < -0.39 is 0 Å². The molecule has 3 rings (SSSR count). The highest BCUT2D eigenvalue weighted by atomic mass is 16.5. The first kappa shape index (κ1) is 16.3. The molecule has 1 aliphatic heterocycles. The number of pyridine rings is 1. The van der Waals surface area contributed by atoms with E-state index in [1.54, 1.807) is 30.4 Å². The molecule has 0 N–H and O–H groups in total. The van der Waals surface area contributed by atoms with Crippen LogP contribution in [0.2, 0.25) is 0 Å². The molecule has 1 amide bonds. The molecule has 0 aliphatic carbocycles. The Morgan fingerprint density at radius 1 is 1.33 bits per heavy atom. The third-order valence-corrected chi connectivity index (χ3v) is 4.46. The fourth-order valence-electron chi connectivity index (χ4n) is 2.95. The molecule has 1 fully saturated rings. The predicted molar refractivity (Wildman–Crippen MR) is 87.3 cm³/mol. The number of likely N-dealkylation sites (tertiary alicyclic amines) is 1. The molecule has 24 heavy (non-hydrogen) atoms. The van der Waals surface area contributed by atoms with Crippen molar-refractivity contribution in [1.29, 1.82) is 0 Å². The van der Waals surface area contributed by atoms with E-state index in [4.69, 9.17) is 9.26 Å². The maximum Gasteiger partial charge on any atom is 0.259 e. The van der Waals surface area contributed by atoms with Gasteiger partial charge in [-0.05, 0) is 26.8 Å². The fraction of sp³-hybridized carbons (Fsp3) is 0.471. The van der Waals surface area contributed by atoms with Crippen LogP contribution in [0.15, 0.2) is 21.5 Å². The maximum atomic E-state index is 12.6. The number of amides is 1. The SMILES string of the molecule is Cc1noc(C)c1C(=O)N1CCC(Oc2cc(C)n(C)c(=O)c2)C1. The Hall–Kier alpha value is -2.57. The minimum Gasteiger partial charge on any atom is -0.488 e. The number of rotatable bonds is 3. The highest BCUT2D eigenvalue weighted by Crippen LogP contribution is 2.22. The monoisotopic (exact) mass is 331 g/mol. The van der Waals surface area contributed by atoms with Gasteiger partial charge in [0.2, 0.25) is 0 Å². The zero-order valence-electron chi connectivity index (χ0n) is 14.3. The van der Waals surface area contributed by atoms with Gasteiger partial charge < -0.3 is 18.7 Å². The van der Waals surface area contributed by atoms with Gasteiger partial charge in [-0.2, -0.15) is 0 Å². The first-order valence-corrected chi connectivity index (χ1v) is 7.93. The third-order valence-electron chi connectivity index (χ3n) is 4.46. The first-order valence-electron chi connectivity index (χ1n) is 7.93. The summed E-state index contributed by atoms with van der Waals surface area (Å²) < 4.78 is 12.5. The van der Waals surface area contributed by atoms with Crippen molar-refractivity contribution in [3.05, 3.63) is 45.2 Å². The lowest BCUT2D eigenvalue weighted by Crippen LogP contribution is -2.31. The number of nitrogens with zero attached hydrogens (tertiary/aromatic N) is 3. The number of carbonyl (C=O) groups excluding carboxylic acids is 1. The number of aryl methyl sites for hydroxylation is 3. The highest BCUT2D eigenvalue weighted by molar-refractivity contribution is 5.96. The number of hydrogen-bond acceptors (Lipinski definition) is 5. The van der Waals surface area contributed by atoms with E-state index in [0.717, 1.165) is 12.1 Å². The average Bonchev–Trinajstić information content (AvgIpc) is 3.11. The second kappa shape index (κ2) is 6.14. The van der Waals surface area contributed by atoms with Gasteiger partial charge in [-0.25, -0.2) is 0 Å². The van der Waals surface area contributed by atoms with Crippen LogP contribution in [-0.4, -0.2) is 39.7 Å². The second-order valence-corrected chi connectivity index (χ2v) is 6.21. The van der Waals surface area contributed by atoms with Crippen LogP contribution >= 0.6 is 0 Å². The molecule has 7 nitrogen and oxygen atoms in total. The molecule has 2 aromatic rings. The lowest BCUT2D eigenvalue weighted by molar-refractivity contribution is 0.0770. The van der Waals surface area contributed by atoms with Crippen molar-refractivity contribution >= 4 is 5.91 Å². The Morgan fingerprint density at radius 3 is 2.71 bits per heavy atom. The summed E-state index contributed by atoms with van der Waals surface area (Å²) in [6, 6.07) is 3.31. The third kappa shape index (κ3) is 2.93. The molecule has 128 valence electrons. The number of hydrogen-bond donors (Lipinski definition) is 0. The van der Waals surface area contributed by atoms with Crippen molar-refractivity contribution in [2.45, 2.75) is 33.3 Å². The molecule has 3 heterocycles. The van der Waals surface area contributed by atoms with E-state index >= 15 is 0 Å². The van der Waals surface area contributed by atoms with E-state index in [9.17, 15) is 9.59 Å². The fourth-order valence-corrected chi connectivity index (χ4v) is 2.95. The van der Waals surface area contributed by atoms with Crippen molar-refractivity contribution in [1.82, 2.24) is 14.6 Å². The Kier molecular flexibility index (Phi) is 4.17. The molecule has 1 unspecified atom stereocenters. The standard InChI is InChI=1S/C17H21N3O4/c1-10-7-14(8-15(21)19(10)4)23-13-5-6-20(9-13)17(22)16-11(2)18-24-12(16)3/h7-8,13H,5-6,9H2,1-4H3. The number of ether oxygens (including phenoxy) is 1. The van der Waals surface area contributed by atoms with Gasteiger partial charge in [0.15, 0.2) is 0 Å². The molecule has 2 aromatic heterocycles. The number of carbonyl (C=O) groups is 1. The van der Waals surface area contributed by atoms with E-state index in [-0.39, 0.29) is 17.6 Å². The molecule has 1 atom stereocenters. The van der Waals surface area contributed by atoms with Gasteiger partial charge in [0.1, 0.15) is 23.2 Å². The van der Waals surface area contributed by atoms with Crippen molar-refractivity contribution < 1.29 is 14.1 Å². The Labute approximate surface area is 139 Å².